The first kappa shape index (κ1) is 9.21. The van der Waals surface area contributed by atoms with E-state index in [1.807, 2.05) is 7.05 Å². The van der Waals surface area contributed by atoms with E-state index in [0.717, 1.165) is 0 Å². The Kier molecular flexibility index (Phi) is 4.19. The van der Waals surface area contributed by atoms with Gasteiger partial charge in [-0.1, -0.05) is 0 Å². The van der Waals surface area contributed by atoms with Crippen molar-refractivity contribution < 1.29 is 4.74 Å². The van der Waals surface area contributed by atoms with Crippen molar-refractivity contribution in [3.63, 3.8) is 0 Å². The predicted molar refractivity (Wildman–Crippen MR) is 40.1 cm³/mol. The van der Waals surface area contributed by atoms with E-state index in [-0.39, 0.29) is 12.4 Å². The minimum atomic E-state index is 0. The maximum Gasteiger partial charge on any atom is 0.0724 e. The third-order valence-electron chi connectivity index (χ3n) is 1.88. The number of nitrogens with one attached hydrogen (secondary N) is 1. The van der Waals surface area contributed by atoms with Crippen LogP contribution in [0.1, 0.15) is 12.8 Å². The number of hydrogen-bond acceptors (Lipinski definition) is 2. The fourth-order valence-corrected chi connectivity index (χ4v) is 1.08. The van der Waals surface area contributed by atoms with Crippen LogP contribution in [0, 0.1) is 0 Å². The van der Waals surface area contributed by atoms with Crippen LogP contribution < -0.4 is 5.32 Å². The van der Waals surface area contributed by atoms with E-state index in [9.17, 15) is 0 Å². The highest BCUT2D eigenvalue weighted by molar-refractivity contribution is 5.85. The maximum absolute atomic E-state index is 5.13. The molecule has 1 saturated carbocycles. The second kappa shape index (κ2) is 4.09. The second-order valence-electron chi connectivity index (χ2n) is 2.25. The Hall–Kier alpha value is 0.210. The van der Waals surface area contributed by atoms with Gasteiger partial charge in [-0.25, -0.2) is 0 Å². The summed E-state index contributed by atoms with van der Waals surface area (Å²) in [5.74, 6) is 0. The van der Waals surface area contributed by atoms with Gasteiger partial charge in [0.1, 0.15) is 0 Å². The van der Waals surface area contributed by atoms with Crippen LogP contribution in [0.3, 0.4) is 0 Å². The van der Waals surface area contributed by atoms with Crippen LogP contribution in [0.2, 0.25) is 0 Å². The lowest BCUT2D eigenvalue weighted by atomic mass is 9.89. The Morgan fingerprint density at radius 2 is 2.11 bits per heavy atom. The molecule has 1 aliphatic carbocycles. The van der Waals surface area contributed by atoms with Crippen molar-refractivity contribution in [1.29, 1.82) is 0 Å². The first-order valence-electron chi connectivity index (χ1n) is 3.08. The fourth-order valence-electron chi connectivity index (χ4n) is 1.08. The van der Waals surface area contributed by atoms with E-state index in [4.69, 9.17) is 4.74 Å². The number of ether oxygens (including phenoxy) is 1. The van der Waals surface area contributed by atoms with Gasteiger partial charge >= 0.3 is 0 Å². The highest BCUT2D eigenvalue weighted by Gasteiger charge is 2.28. The largest absolute Gasteiger partial charge is 0.380 e. The second-order valence-corrected chi connectivity index (χ2v) is 2.25. The van der Waals surface area contributed by atoms with Gasteiger partial charge in [-0.15, -0.1) is 12.4 Å². The van der Waals surface area contributed by atoms with Crippen molar-refractivity contribution in [3.8, 4) is 0 Å². The third-order valence-corrected chi connectivity index (χ3v) is 1.88. The summed E-state index contributed by atoms with van der Waals surface area (Å²) in [5, 5.41) is 3.18. The van der Waals surface area contributed by atoms with Gasteiger partial charge in [0.25, 0.3) is 0 Å². The van der Waals surface area contributed by atoms with Crippen LogP contribution in [0.5, 0.6) is 0 Å². The molecular formula is C6H14ClNO. The summed E-state index contributed by atoms with van der Waals surface area (Å²) in [5.41, 5.74) is 0. The van der Waals surface area contributed by atoms with Crippen molar-refractivity contribution in [1.82, 2.24) is 5.32 Å². The lowest BCUT2D eigenvalue weighted by Crippen LogP contribution is -2.47. The predicted octanol–water partition coefficient (Wildman–Crippen LogP) is 0.805. The average molecular weight is 152 g/mol. The zero-order valence-corrected chi connectivity index (χ0v) is 6.70. The van der Waals surface area contributed by atoms with Crippen LogP contribution in [-0.2, 0) is 4.74 Å². The normalized spacial score (nSPS) is 32.7. The van der Waals surface area contributed by atoms with Gasteiger partial charge in [-0.05, 0) is 19.9 Å². The molecule has 1 fully saturated rings. The minimum Gasteiger partial charge on any atom is -0.380 e. The Balaban J connectivity index is 0.000000640. The number of methoxy groups -OCH3 is 1. The van der Waals surface area contributed by atoms with Gasteiger partial charge in [0.2, 0.25) is 0 Å². The SMILES string of the molecule is CNC1CCC1OC.Cl. The Morgan fingerprint density at radius 3 is 2.22 bits per heavy atom. The van der Waals surface area contributed by atoms with Gasteiger partial charge in [-0.3, -0.25) is 0 Å². The quantitative estimate of drug-likeness (QED) is 0.631. The Labute approximate surface area is 62.4 Å². The number of likely N-dealkylation sites (N-methyl/N-ethyl adjacent to an activating group) is 1. The topological polar surface area (TPSA) is 21.3 Å². The summed E-state index contributed by atoms with van der Waals surface area (Å²) < 4.78 is 5.13. The van der Waals surface area contributed by atoms with Crippen molar-refractivity contribution in [2.24, 2.45) is 0 Å². The average Bonchev–Trinajstić information content (AvgIpc) is 1.66. The molecular weight excluding hydrogens is 138 g/mol. The van der Waals surface area contributed by atoms with Gasteiger partial charge < -0.3 is 10.1 Å². The standard InChI is InChI=1S/C6H13NO.ClH/c1-7-5-3-4-6(5)8-2;/h5-7H,3-4H2,1-2H3;1H. The summed E-state index contributed by atoms with van der Waals surface area (Å²) in [4.78, 5) is 0. The van der Waals surface area contributed by atoms with E-state index in [2.05, 4.69) is 5.32 Å². The summed E-state index contributed by atoms with van der Waals surface area (Å²) >= 11 is 0. The fraction of sp³-hybridized carbons (Fsp3) is 1.00. The van der Waals surface area contributed by atoms with Crippen molar-refractivity contribution in [2.45, 2.75) is 25.0 Å². The molecule has 0 radical (unpaired) electrons. The first-order valence-corrected chi connectivity index (χ1v) is 3.08. The summed E-state index contributed by atoms with van der Waals surface area (Å²) in [7, 11) is 3.75. The van der Waals surface area contributed by atoms with Gasteiger partial charge in [0.15, 0.2) is 0 Å². The number of rotatable bonds is 2. The van der Waals surface area contributed by atoms with Crippen LogP contribution in [0.25, 0.3) is 0 Å². The van der Waals surface area contributed by atoms with E-state index in [0.29, 0.717) is 12.1 Å². The molecule has 2 unspecified atom stereocenters. The molecule has 0 bridgehead atoms. The molecule has 0 aromatic carbocycles. The zero-order chi connectivity index (χ0) is 5.98. The van der Waals surface area contributed by atoms with E-state index in [1.165, 1.54) is 12.8 Å². The molecule has 2 atom stereocenters. The smallest absolute Gasteiger partial charge is 0.0724 e. The van der Waals surface area contributed by atoms with Crippen molar-refractivity contribution >= 4 is 12.4 Å². The van der Waals surface area contributed by atoms with Gasteiger partial charge in [-0.2, -0.15) is 0 Å². The van der Waals surface area contributed by atoms with Crippen LogP contribution >= 0.6 is 12.4 Å². The highest BCUT2D eigenvalue weighted by Crippen LogP contribution is 2.21. The molecule has 1 rings (SSSR count). The first-order chi connectivity index (χ1) is 3.88. The third kappa shape index (κ3) is 1.81. The van der Waals surface area contributed by atoms with Crippen LogP contribution in [0.4, 0.5) is 0 Å². The molecule has 0 aliphatic heterocycles. The molecule has 0 aromatic heterocycles. The molecule has 0 aromatic rings. The van der Waals surface area contributed by atoms with Crippen LogP contribution in [0.15, 0.2) is 0 Å². The Morgan fingerprint density at radius 1 is 1.44 bits per heavy atom. The zero-order valence-electron chi connectivity index (χ0n) is 5.89. The lowest BCUT2D eigenvalue weighted by molar-refractivity contribution is 0.00957. The van der Waals surface area contributed by atoms with Gasteiger partial charge in [0, 0.05) is 13.2 Å². The van der Waals surface area contributed by atoms with E-state index in [1.54, 1.807) is 7.11 Å². The lowest BCUT2D eigenvalue weighted by Gasteiger charge is -2.34. The summed E-state index contributed by atoms with van der Waals surface area (Å²) in [6.45, 7) is 0. The summed E-state index contributed by atoms with van der Waals surface area (Å²) in [6, 6.07) is 0.625. The monoisotopic (exact) mass is 151 g/mol. The number of halogens is 1. The molecule has 0 heterocycles. The van der Waals surface area contributed by atoms with Crippen molar-refractivity contribution in [3.05, 3.63) is 0 Å². The van der Waals surface area contributed by atoms with Crippen molar-refractivity contribution in [2.75, 3.05) is 14.2 Å². The molecule has 0 amide bonds. The number of hydrogen-bond donors (Lipinski definition) is 1. The van der Waals surface area contributed by atoms with Crippen LogP contribution in [-0.4, -0.2) is 26.3 Å². The molecule has 3 heteroatoms. The summed E-state index contributed by atoms with van der Waals surface area (Å²) in [6.07, 6.45) is 2.98. The molecule has 1 N–H and O–H groups in total. The molecule has 1 aliphatic rings. The molecule has 56 valence electrons. The minimum absolute atomic E-state index is 0. The molecule has 0 saturated heterocycles. The molecule has 9 heavy (non-hydrogen) atoms. The Bertz CT molecular complexity index is 65.5. The van der Waals surface area contributed by atoms with E-state index < -0.39 is 0 Å². The van der Waals surface area contributed by atoms with Gasteiger partial charge in [0.05, 0.1) is 6.10 Å². The highest BCUT2D eigenvalue weighted by atomic mass is 35.5. The molecule has 0 spiro atoms. The molecule has 2 nitrogen and oxygen atoms in total. The van der Waals surface area contributed by atoms with E-state index >= 15 is 0 Å². The maximum atomic E-state index is 5.13.